The number of aryl methyl sites for hydroxylation is 1. The molecule has 0 radical (unpaired) electrons. The fraction of sp³-hybridized carbons (Fsp3) is 0.533. The van der Waals surface area contributed by atoms with E-state index in [1.807, 2.05) is 31.2 Å². The molecule has 2 N–H and O–H groups in total. The maximum absolute atomic E-state index is 11.6. The molecule has 19 heavy (non-hydrogen) atoms. The van der Waals surface area contributed by atoms with E-state index in [2.05, 4.69) is 24.5 Å². The van der Waals surface area contributed by atoms with Gasteiger partial charge in [0, 0.05) is 25.4 Å². The van der Waals surface area contributed by atoms with Crippen LogP contribution in [0.2, 0.25) is 0 Å². The van der Waals surface area contributed by atoms with E-state index in [1.54, 1.807) is 0 Å². The molecule has 0 aliphatic heterocycles. The smallest absolute Gasteiger partial charge is 0.319 e. The standard InChI is InChI=1S/C15H24N2O2/c1-12(2)11-19-9-5-8-16-15(18)17-14-7-4-6-13(3)10-14/h4,6-7,10,12H,5,8-9,11H2,1-3H3,(H2,16,17,18). The number of hydrogen-bond acceptors (Lipinski definition) is 2. The summed E-state index contributed by atoms with van der Waals surface area (Å²) in [6.07, 6.45) is 0.827. The number of anilines is 1. The number of benzene rings is 1. The number of ether oxygens (including phenoxy) is 1. The van der Waals surface area contributed by atoms with Crippen LogP contribution in [0.15, 0.2) is 24.3 Å². The second-order valence-corrected chi connectivity index (χ2v) is 5.07. The lowest BCUT2D eigenvalue weighted by molar-refractivity contribution is 0.108. The van der Waals surface area contributed by atoms with E-state index in [1.165, 1.54) is 0 Å². The molecular formula is C15H24N2O2. The number of amides is 2. The second kappa shape index (κ2) is 8.53. The summed E-state index contributed by atoms with van der Waals surface area (Å²) in [4.78, 5) is 11.6. The Morgan fingerprint density at radius 2 is 2.16 bits per heavy atom. The van der Waals surface area contributed by atoms with Crippen molar-refractivity contribution in [3.8, 4) is 0 Å². The molecule has 1 aromatic carbocycles. The van der Waals surface area contributed by atoms with Crippen LogP contribution in [-0.4, -0.2) is 25.8 Å². The van der Waals surface area contributed by atoms with Gasteiger partial charge in [0.25, 0.3) is 0 Å². The molecule has 1 aromatic rings. The molecule has 4 heteroatoms. The molecule has 0 heterocycles. The Hall–Kier alpha value is -1.55. The third-order valence-corrected chi connectivity index (χ3v) is 2.48. The molecule has 2 amide bonds. The van der Waals surface area contributed by atoms with Gasteiger partial charge in [-0.2, -0.15) is 0 Å². The molecule has 0 saturated heterocycles. The Labute approximate surface area is 115 Å². The van der Waals surface area contributed by atoms with Crippen LogP contribution < -0.4 is 10.6 Å². The van der Waals surface area contributed by atoms with E-state index in [4.69, 9.17) is 4.74 Å². The molecule has 1 rings (SSSR count). The molecule has 0 bridgehead atoms. The molecule has 0 spiro atoms. The van der Waals surface area contributed by atoms with Gasteiger partial charge < -0.3 is 15.4 Å². The lowest BCUT2D eigenvalue weighted by atomic mass is 10.2. The zero-order valence-corrected chi connectivity index (χ0v) is 12.0. The van der Waals surface area contributed by atoms with Gasteiger partial charge in [0.15, 0.2) is 0 Å². The van der Waals surface area contributed by atoms with Crippen molar-refractivity contribution in [2.24, 2.45) is 5.92 Å². The number of urea groups is 1. The Balaban J connectivity index is 2.11. The van der Waals surface area contributed by atoms with Crippen LogP contribution in [-0.2, 0) is 4.74 Å². The van der Waals surface area contributed by atoms with Crippen molar-refractivity contribution in [2.75, 3.05) is 25.1 Å². The average Bonchev–Trinajstić information content (AvgIpc) is 2.33. The van der Waals surface area contributed by atoms with Crippen molar-refractivity contribution in [3.05, 3.63) is 29.8 Å². The first-order chi connectivity index (χ1) is 9.08. The minimum atomic E-state index is -0.172. The number of carbonyl (C=O) groups excluding carboxylic acids is 1. The van der Waals surface area contributed by atoms with Crippen LogP contribution in [0.1, 0.15) is 25.8 Å². The Kier molecular flexibility index (Phi) is 6.97. The zero-order valence-electron chi connectivity index (χ0n) is 12.0. The predicted molar refractivity (Wildman–Crippen MR) is 78.5 cm³/mol. The molecule has 0 aromatic heterocycles. The van der Waals surface area contributed by atoms with E-state index in [-0.39, 0.29) is 6.03 Å². The third-order valence-electron chi connectivity index (χ3n) is 2.48. The molecule has 0 aliphatic rings. The first-order valence-electron chi connectivity index (χ1n) is 6.77. The third kappa shape index (κ3) is 7.47. The molecule has 4 nitrogen and oxygen atoms in total. The lowest BCUT2D eigenvalue weighted by Gasteiger charge is -2.09. The van der Waals surface area contributed by atoms with Crippen LogP contribution in [0.25, 0.3) is 0 Å². The molecule has 0 saturated carbocycles. The summed E-state index contributed by atoms with van der Waals surface area (Å²) >= 11 is 0. The van der Waals surface area contributed by atoms with E-state index in [0.29, 0.717) is 19.1 Å². The summed E-state index contributed by atoms with van der Waals surface area (Å²) in [5, 5.41) is 5.61. The van der Waals surface area contributed by atoms with Crippen LogP contribution in [0.5, 0.6) is 0 Å². The van der Waals surface area contributed by atoms with Gasteiger partial charge in [-0.25, -0.2) is 4.79 Å². The van der Waals surface area contributed by atoms with Crippen LogP contribution in [0.3, 0.4) is 0 Å². The van der Waals surface area contributed by atoms with Gasteiger partial charge in [-0.1, -0.05) is 26.0 Å². The van der Waals surface area contributed by atoms with Crippen molar-refractivity contribution in [2.45, 2.75) is 27.2 Å². The summed E-state index contributed by atoms with van der Waals surface area (Å²) in [5.41, 5.74) is 1.94. The van der Waals surface area contributed by atoms with E-state index >= 15 is 0 Å². The van der Waals surface area contributed by atoms with Crippen molar-refractivity contribution >= 4 is 11.7 Å². The van der Waals surface area contributed by atoms with Gasteiger partial charge in [0.05, 0.1) is 0 Å². The Bertz CT molecular complexity index is 391. The highest BCUT2D eigenvalue weighted by Gasteiger charge is 2.01. The Morgan fingerprint density at radius 3 is 2.84 bits per heavy atom. The lowest BCUT2D eigenvalue weighted by Crippen LogP contribution is -2.30. The fourth-order valence-corrected chi connectivity index (χ4v) is 1.59. The van der Waals surface area contributed by atoms with Crippen LogP contribution in [0, 0.1) is 12.8 Å². The molecule has 0 fully saturated rings. The number of carbonyl (C=O) groups is 1. The van der Waals surface area contributed by atoms with Crippen LogP contribution in [0.4, 0.5) is 10.5 Å². The largest absolute Gasteiger partial charge is 0.381 e. The molecule has 0 atom stereocenters. The number of hydrogen-bond donors (Lipinski definition) is 2. The normalized spacial score (nSPS) is 10.5. The molecular weight excluding hydrogens is 240 g/mol. The average molecular weight is 264 g/mol. The molecule has 106 valence electrons. The topological polar surface area (TPSA) is 50.4 Å². The SMILES string of the molecule is Cc1cccc(NC(=O)NCCCOCC(C)C)c1. The van der Waals surface area contributed by atoms with Crippen molar-refractivity contribution < 1.29 is 9.53 Å². The monoisotopic (exact) mass is 264 g/mol. The summed E-state index contributed by atoms with van der Waals surface area (Å²) < 4.78 is 5.44. The zero-order chi connectivity index (χ0) is 14.1. The molecule has 0 unspecified atom stereocenters. The van der Waals surface area contributed by atoms with E-state index in [0.717, 1.165) is 24.3 Å². The van der Waals surface area contributed by atoms with Gasteiger partial charge in [-0.15, -0.1) is 0 Å². The summed E-state index contributed by atoms with van der Waals surface area (Å²) in [6, 6.07) is 7.55. The summed E-state index contributed by atoms with van der Waals surface area (Å²) in [7, 11) is 0. The predicted octanol–water partition coefficient (Wildman–Crippen LogP) is 3.18. The summed E-state index contributed by atoms with van der Waals surface area (Å²) in [5.74, 6) is 0.553. The number of nitrogens with one attached hydrogen (secondary N) is 2. The van der Waals surface area contributed by atoms with Crippen molar-refractivity contribution in [1.29, 1.82) is 0 Å². The first-order valence-corrected chi connectivity index (χ1v) is 6.77. The Morgan fingerprint density at radius 1 is 1.37 bits per heavy atom. The summed E-state index contributed by atoms with van der Waals surface area (Å²) in [6.45, 7) is 8.31. The molecule has 0 aliphatic carbocycles. The highest BCUT2D eigenvalue weighted by atomic mass is 16.5. The maximum atomic E-state index is 11.6. The minimum Gasteiger partial charge on any atom is -0.381 e. The number of rotatable bonds is 7. The highest BCUT2D eigenvalue weighted by molar-refractivity contribution is 5.89. The van der Waals surface area contributed by atoms with Gasteiger partial charge in [0.1, 0.15) is 0 Å². The first kappa shape index (κ1) is 15.5. The second-order valence-electron chi connectivity index (χ2n) is 5.07. The fourth-order valence-electron chi connectivity index (χ4n) is 1.59. The van der Waals surface area contributed by atoms with Crippen LogP contribution >= 0.6 is 0 Å². The quantitative estimate of drug-likeness (QED) is 0.743. The van der Waals surface area contributed by atoms with E-state index in [9.17, 15) is 4.79 Å². The van der Waals surface area contributed by atoms with E-state index < -0.39 is 0 Å². The minimum absolute atomic E-state index is 0.172. The van der Waals surface area contributed by atoms with Gasteiger partial charge in [0.2, 0.25) is 0 Å². The van der Waals surface area contributed by atoms with Gasteiger partial charge in [-0.05, 0) is 37.0 Å². The van der Waals surface area contributed by atoms with Crippen molar-refractivity contribution in [3.63, 3.8) is 0 Å². The van der Waals surface area contributed by atoms with Crippen molar-refractivity contribution in [1.82, 2.24) is 5.32 Å². The van der Waals surface area contributed by atoms with Gasteiger partial charge >= 0.3 is 6.03 Å². The maximum Gasteiger partial charge on any atom is 0.319 e. The van der Waals surface area contributed by atoms with Gasteiger partial charge in [-0.3, -0.25) is 0 Å². The highest BCUT2D eigenvalue weighted by Crippen LogP contribution is 2.08.